The van der Waals surface area contributed by atoms with Crippen LogP contribution in [0.25, 0.3) is 0 Å². The topological polar surface area (TPSA) is 104 Å². The lowest BCUT2D eigenvalue weighted by molar-refractivity contribution is -0.145. The molecule has 2 aromatic rings. The molecular weight excluding hydrogens is 550 g/mol. The first kappa shape index (κ1) is 32.7. The number of esters is 1. The Bertz CT molecular complexity index is 1230. The lowest BCUT2D eigenvalue weighted by Gasteiger charge is -2.18. The van der Waals surface area contributed by atoms with Crippen molar-refractivity contribution in [1.82, 2.24) is 14.3 Å². The fraction of sp³-hybridized carbons (Fsp3) is 0.600. The number of ether oxygens (including phenoxy) is 2. The van der Waals surface area contributed by atoms with Crippen molar-refractivity contribution in [2.24, 2.45) is 0 Å². The highest BCUT2D eigenvalue weighted by atomic mass is 19.4. The van der Waals surface area contributed by atoms with E-state index in [2.05, 4.69) is 10.4 Å². The van der Waals surface area contributed by atoms with Crippen LogP contribution in [0.1, 0.15) is 51.5 Å². The van der Waals surface area contributed by atoms with E-state index in [0.717, 1.165) is 0 Å². The number of nitrogens with one attached hydrogen (secondary N) is 1. The van der Waals surface area contributed by atoms with Crippen molar-refractivity contribution in [3.63, 3.8) is 0 Å². The molecule has 0 spiro atoms. The largest absolute Gasteiger partial charge is 0.487 e. The Morgan fingerprint density at radius 3 is 2.27 bits per heavy atom. The molecule has 9 nitrogen and oxygen atoms in total. The molecule has 1 unspecified atom stereocenters. The summed E-state index contributed by atoms with van der Waals surface area (Å²) in [6.07, 6.45) is -12.5. The fourth-order valence-electron chi connectivity index (χ4n) is 3.59. The minimum atomic E-state index is -4.51. The summed E-state index contributed by atoms with van der Waals surface area (Å²) in [6.45, 7) is 2.43. The van der Waals surface area contributed by atoms with Crippen LogP contribution in [-0.4, -0.2) is 51.9 Å². The number of carbonyl (C=O) groups excluding carboxylic acids is 1. The van der Waals surface area contributed by atoms with Crippen molar-refractivity contribution < 1.29 is 40.6 Å². The highest BCUT2D eigenvalue weighted by molar-refractivity contribution is 5.68. The van der Waals surface area contributed by atoms with Crippen molar-refractivity contribution in [1.29, 1.82) is 0 Å². The van der Waals surface area contributed by atoms with E-state index in [9.17, 15) is 40.7 Å². The van der Waals surface area contributed by atoms with Crippen molar-refractivity contribution >= 4 is 11.8 Å². The van der Waals surface area contributed by atoms with Gasteiger partial charge in [0.25, 0.3) is 5.56 Å². The Balaban J connectivity index is 2.17. The maximum absolute atomic E-state index is 12.8. The minimum absolute atomic E-state index is 0.0347. The van der Waals surface area contributed by atoms with Gasteiger partial charge in [-0.3, -0.25) is 14.2 Å². The quantitative estimate of drug-likeness (QED) is 0.244. The van der Waals surface area contributed by atoms with E-state index in [4.69, 9.17) is 9.47 Å². The van der Waals surface area contributed by atoms with E-state index in [-0.39, 0.29) is 37.8 Å². The second-order valence-electron chi connectivity index (χ2n) is 9.00. The molecule has 0 saturated carbocycles. The molecule has 1 atom stereocenters. The Morgan fingerprint density at radius 1 is 1.02 bits per heavy atom. The number of hydrogen-bond acceptors (Lipinski definition) is 7. The second kappa shape index (κ2) is 14.7. The van der Waals surface area contributed by atoms with Crippen LogP contribution in [0.4, 0.5) is 32.2 Å². The third-order valence-electron chi connectivity index (χ3n) is 5.55. The second-order valence-corrected chi connectivity index (χ2v) is 9.00. The van der Waals surface area contributed by atoms with Crippen molar-refractivity contribution in [2.75, 3.05) is 18.5 Å². The lowest BCUT2D eigenvalue weighted by atomic mass is 10.1. The van der Waals surface area contributed by atoms with Crippen LogP contribution in [0.15, 0.2) is 33.9 Å². The molecule has 1 heterocycles. The zero-order chi connectivity index (χ0) is 29.9. The number of anilines is 1. The van der Waals surface area contributed by atoms with Gasteiger partial charge in [-0.25, -0.2) is 9.48 Å². The van der Waals surface area contributed by atoms with Gasteiger partial charge in [-0.05, 0) is 37.8 Å². The van der Waals surface area contributed by atoms with E-state index in [1.54, 1.807) is 38.1 Å². The van der Waals surface area contributed by atoms with Crippen LogP contribution >= 0.6 is 0 Å². The van der Waals surface area contributed by atoms with Crippen LogP contribution in [0, 0.1) is 0 Å². The van der Waals surface area contributed by atoms with E-state index in [1.165, 1.54) is 0 Å². The third-order valence-corrected chi connectivity index (χ3v) is 5.55. The first-order chi connectivity index (χ1) is 18.7. The lowest BCUT2D eigenvalue weighted by Crippen LogP contribution is -2.43. The fourth-order valence-corrected chi connectivity index (χ4v) is 3.59. The van der Waals surface area contributed by atoms with E-state index in [1.807, 2.05) is 0 Å². The van der Waals surface area contributed by atoms with Gasteiger partial charge in [-0.1, -0.05) is 25.1 Å². The molecule has 0 amide bonds. The first-order valence-corrected chi connectivity index (χ1v) is 12.7. The summed E-state index contributed by atoms with van der Waals surface area (Å²) in [5.41, 5.74) is -1.36. The normalized spacial score (nSPS) is 12.7. The molecule has 0 saturated heterocycles. The zero-order valence-corrected chi connectivity index (χ0v) is 22.1. The first-order valence-electron chi connectivity index (χ1n) is 12.7. The molecular formula is C25H32F6N4O5. The molecule has 1 aromatic heterocycles. The van der Waals surface area contributed by atoms with Crippen LogP contribution < -0.4 is 21.3 Å². The molecule has 2 rings (SSSR count). The molecule has 224 valence electrons. The molecule has 0 fully saturated rings. The number of rotatable bonds is 15. The molecule has 0 aliphatic heterocycles. The van der Waals surface area contributed by atoms with Crippen LogP contribution in [0.2, 0.25) is 0 Å². The molecule has 0 aliphatic rings. The number of carbonyl (C=O) groups is 1. The van der Waals surface area contributed by atoms with E-state index >= 15 is 0 Å². The summed E-state index contributed by atoms with van der Waals surface area (Å²) in [4.78, 5) is 36.8. The highest BCUT2D eigenvalue weighted by Crippen LogP contribution is 2.23. The van der Waals surface area contributed by atoms with Gasteiger partial charge in [0.1, 0.15) is 18.5 Å². The standard InChI is InChI=1S/C25H32F6N4O5/c1-3-20(36)39-16-17(2)40-19-9-5-4-8-18(19)10-13-32-21-22(37)34(14-6-11-24(26,27)28)23(38)35(33-21)15-7-12-25(29,30)31/h4-5,8-9,17H,3,6-7,10-16H2,1-2H3,(H,32,33). The van der Waals surface area contributed by atoms with Crippen LogP contribution in [0.3, 0.4) is 0 Å². The van der Waals surface area contributed by atoms with Gasteiger partial charge in [-0.2, -0.15) is 26.3 Å². The van der Waals surface area contributed by atoms with Gasteiger partial charge in [0.05, 0.1) is 0 Å². The van der Waals surface area contributed by atoms with Crippen molar-refractivity contribution in [2.45, 2.75) is 83.9 Å². The predicted octanol–water partition coefficient (Wildman–Crippen LogP) is 4.47. The van der Waals surface area contributed by atoms with Gasteiger partial charge in [0, 0.05) is 38.9 Å². The average Bonchev–Trinajstić information content (AvgIpc) is 2.86. The molecule has 1 N–H and O–H groups in total. The summed E-state index contributed by atoms with van der Waals surface area (Å²) in [6, 6.07) is 6.93. The number of halogens is 6. The average molecular weight is 583 g/mol. The number of hydrogen-bond donors (Lipinski definition) is 1. The summed E-state index contributed by atoms with van der Waals surface area (Å²) < 4.78 is 87.6. The zero-order valence-electron chi connectivity index (χ0n) is 22.1. The minimum Gasteiger partial charge on any atom is -0.487 e. The molecule has 40 heavy (non-hydrogen) atoms. The molecule has 1 aromatic carbocycles. The molecule has 0 radical (unpaired) electrons. The van der Waals surface area contributed by atoms with Gasteiger partial charge in [0.2, 0.25) is 5.82 Å². The number of benzene rings is 1. The number of nitrogens with zero attached hydrogens (tertiary/aromatic N) is 3. The van der Waals surface area contributed by atoms with Crippen molar-refractivity contribution in [3.8, 4) is 5.75 Å². The van der Waals surface area contributed by atoms with Gasteiger partial charge < -0.3 is 14.8 Å². The Hall–Kier alpha value is -3.52. The summed E-state index contributed by atoms with van der Waals surface area (Å²) >= 11 is 0. The highest BCUT2D eigenvalue weighted by Gasteiger charge is 2.28. The number of aromatic nitrogens is 3. The van der Waals surface area contributed by atoms with E-state index < -0.39 is 68.5 Å². The van der Waals surface area contributed by atoms with Crippen LogP contribution in [-0.2, 0) is 29.0 Å². The smallest absolute Gasteiger partial charge is 0.389 e. The number of para-hydroxylation sites is 1. The Kier molecular flexibility index (Phi) is 12.1. The molecule has 0 bridgehead atoms. The summed E-state index contributed by atoms with van der Waals surface area (Å²) in [5.74, 6) is -0.264. The third kappa shape index (κ3) is 11.3. The maximum Gasteiger partial charge on any atom is 0.389 e. The summed E-state index contributed by atoms with van der Waals surface area (Å²) in [7, 11) is 0. The number of alkyl halides is 6. The molecule has 15 heteroatoms. The van der Waals surface area contributed by atoms with Gasteiger partial charge >= 0.3 is 24.0 Å². The van der Waals surface area contributed by atoms with Crippen molar-refractivity contribution in [3.05, 3.63) is 50.7 Å². The monoisotopic (exact) mass is 582 g/mol. The van der Waals surface area contributed by atoms with Gasteiger partial charge in [0.15, 0.2) is 0 Å². The van der Waals surface area contributed by atoms with E-state index in [0.29, 0.717) is 20.6 Å². The summed E-state index contributed by atoms with van der Waals surface area (Å²) in [5, 5.41) is 6.59. The Labute approximate surface area is 226 Å². The SMILES string of the molecule is CCC(=O)OCC(C)Oc1ccccc1CCNc1nn(CCCC(F)(F)F)c(=O)n(CCCC(F)(F)F)c1=O. The maximum atomic E-state index is 12.8. The Morgan fingerprint density at radius 2 is 1.65 bits per heavy atom. The predicted molar refractivity (Wildman–Crippen MR) is 133 cm³/mol. The van der Waals surface area contributed by atoms with Crippen LogP contribution in [0.5, 0.6) is 5.75 Å². The number of aryl methyl sites for hydroxylation is 1. The van der Waals surface area contributed by atoms with Gasteiger partial charge in [-0.15, -0.1) is 5.10 Å². The molecule has 0 aliphatic carbocycles.